The number of benzene rings is 2. The van der Waals surface area contributed by atoms with Crippen molar-refractivity contribution in [3.63, 3.8) is 0 Å². The summed E-state index contributed by atoms with van der Waals surface area (Å²) >= 11 is 5.90. The van der Waals surface area contributed by atoms with Crippen LogP contribution in [0.3, 0.4) is 0 Å². The van der Waals surface area contributed by atoms with Gasteiger partial charge in [-0.2, -0.15) is 0 Å². The number of aromatic nitrogens is 3. The average molecular weight is 504 g/mol. The van der Waals surface area contributed by atoms with Gasteiger partial charge in [0.2, 0.25) is 0 Å². The first-order valence-corrected chi connectivity index (χ1v) is 12.6. The Morgan fingerprint density at radius 3 is 2.22 bits per heavy atom. The summed E-state index contributed by atoms with van der Waals surface area (Å²) in [6.07, 6.45) is 5.74. The van der Waals surface area contributed by atoms with E-state index in [1.807, 2.05) is 103 Å². The molecule has 0 radical (unpaired) electrons. The summed E-state index contributed by atoms with van der Waals surface area (Å²) < 4.78 is 8.24. The van der Waals surface area contributed by atoms with E-state index < -0.39 is 0 Å². The zero-order chi connectivity index (χ0) is 25.0. The largest absolute Gasteiger partial charge is 0.457 e. The fourth-order valence-corrected chi connectivity index (χ4v) is 5.08. The summed E-state index contributed by atoms with van der Waals surface area (Å²) in [5.41, 5.74) is 4.04. The molecular formula is C30H25N5OS. The number of nitrogens with one attached hydrogen (secondary N) is 1. The van der Waals surface area contributed by atoms with Crippen LogP contribution in [0, 0.1) is 0 Å². The minimum Gasteiger partial charge on any atom is -0.457 e. The molecule has 1 fully saturated rings. The van der Waals surface area contributed by atoms with Crippen LogP contribution in [0.15, 0.2) is 122 Å². The van der Waals surface area contributed by atoms with E-state index in [0.29, 0.717) is 11.7 Å². The summed E-state index contributed by atoms with van der Waals surface area (Å²) in [4.78, 5) is 11.4. The summed E-state index contributed by atoms with van der Waals surface area (Å²) in [7, 11) is 0. The van der Waals surface area contributed by atoms with E-state index >= 15 is 0 Å². The zero-order valence-corrected chi connectivity index (χ0v) is 20.8. The Balaban J connectivity index is 1.36. The van der Waals surface area contributed by atoms with Gasteiger partial charge in [-0.05, 0) is 85.0 Å². The first kappa shape index (κ1) is 22.9. The fraction of sp³-hybridized carbons (Fsp3) is 0.100. The third kappa shape index (κ3) is 4.81. The Kier molecular flexibility index (Phi) is 6.35. The Morgan fingerprint density at radius 1 is 0.757 bits per heavy atom. The molecule has 0 aliphatic carbocycles. The molecule has 6 rings (SSSR count). The van der Waals surface area contributed by atoms with Crippen molar-refractivity contribution in [2.75, 3.05) is 4.90 Å². The number of thiocarbonyl (C=S) groups is 1. The van der Waals surface area contributed by atoms with E-state index in [2.05, 4.69) is 43.1 Å². The summed E-state index contributed by atoms with van der Waals surface area (Å²) in [6, 6.07) is 33.8. The van der Waals surface area contributed by atoms with Crippen LogP contribution < -0.4 is 15.0 Å². The molecule has 0 saturated carbocycles. The Labute approximate surface area is 221 Å². The third-order valence-electron chi connectivity index (χ3n) is 6.42. The van der Waals surface area contributed by atoms with E-state index in [9.17, 15) is 0 Å². The Morgan fingerprint density at radius 2 is 1.49 bits per heavy atom. The van der Waals surface area contributed by atoms with E-state index in [-0.39, 0.29) is 12.1 Å². The molecule has 1 aliphatic rings. The molecule has 3 aromatic heterocycles. The normalized spacial score (nSPS) is 17.0. The van der Waals surface area contributed by atoms with Gasteiger partial charge in [0.1, 0.15) is 17.5 Å². The van der Waals surface area contributed by atoms with Gasteiger partial charge in [0.25, 0.3) is 0 Å². The molecule has 1 saturated heterocycles. The molecule has 0 amide bonds. The smallest absolute Gasteiger partial charge is 0.174 e. The second kappa shape index (κ2) is 10.2. The van der Waals surface area contributed by atoms with Crippen molar-refractivity contribution in [1.82, 2.24) is 19.9 Å². The average Bonchev–Trinajstić information content (AvgIpc) is 3.54. The van der Waals surface area contributed by atoms with Gasteiger partial charge in [0.15, 0.2) is 5.11 Å². The van der Waals surface area contributed by atoms with Gasteiger partial charge < -0.3 is 19.5 Å². The van der Waals surface area contributed by atoms with Crippen LogP contribution in [0.2, 0.25) is 0 Å². The molecule has 182 valence electrons. The molecule has 0 unspecified atom stereocenters. The van der Waals surface area contributed by atoms with Crippen molar-refractivity contribution in [2.24, 2.45) is 0 Å². The van der Waals surface area contributed by atoms with Gasteiger partial charge in [0, 0.05) is 30.0 Å². The maximum atomic E-state index is 6.01. The van der Waals surface area contributed by atoms with Gasteiger partial charge in [-0.3, -0.25) is 9.97 Å². The molecule has 4 heterocycles. The van der Waals surface area contributed by atoms with Crippen molar-refractivity contribution >= 4 is 23.0 Å². The van der Waals surface area contributed by atoms with Crippen LogP contribution in [0.1, 0.15) is 29.2 Å². The lowest BCUT2D eigenvalue weighted by atomic mass is 10.0. The number of pyridine rings is 2. The SMILES string of the molecule is S=C1N[C@@H](c2ccccn2)[C@@H](c2cccn2Cc2ccccn2)N1c1ccc(Oc2ccccc2)cc1. The van der Waals surface area contributed by atoms with Gasteiger partial charge in [-0.15, -0.1) is 0 Å². The first-order valence-electron chi connectivity index (χ1n) is 12.1. The van der Waals surface area contributed by atoms with Crippen molar-refractivity contribution in [3.05, 3.63) is 139 Å². The molecular weight excluding hydrogens is 478 g/mol. The molecule has 1 aliphatic heterocycles. The van der Waals surface area contributed by atoms with E-state index in [1.54, 1.807) is 0 Å². The van der Waals surface area contributed by atoms with Crippen LogP contribution in [0.4, 0.5) is 5.69 Å². The minimum absolute atomic E-state index is 0.109. The van der Waals surface area contributed by atoms with Gasteiger partial charge in [-0.1, -0.05) is 30.3 Å². The van der Waals surface area contributed by atoms with Crippen LogP contribution in [-0.2, 0) is 6.54 Å². The lowest BCUT2D eigenvalue weighted by Crippen LogP contribution is -2.30. The molecule has 2 atom stereocenters. The quantitative estimate of drug-likeness (QED) is 0.263. The van der Waals surface area contributed by atoms with Crippen LogP contribution in [-0.4, -0.2) is 19.6 Å². The predicted octanol–water partition coefficient (Wildman–Crippen LogP) is 6.30. The van der Waals surface area contributed by atoms with Gasteiger partial charge >= 0.3 is 0 Å². The lowest BCUT2D eigenvalue weighted by Gasteiger charge is -2.29. The van der Waals surface area contributed by atoms with Crippen LogP contribution in [0.25, 0.3) is 0 Å². The highest BCUT2D eigenvalue weighted by molar-refractivity contribution is 7.80. The topological polar surface area (TPSA) is 55.2 Å². The molecule has 0 bridgehead atoms. The van der Waals surface area contributed by atoms with Crippen molar-refractivity contribution < 1.29 is 4.74 Å². The van der Waals surface area contributed by atoms with E-state index in [0.717, 1.165) is 34.3 Å². The standard InChI is InChI=1S/C30H25N5OS/c37-30-33-28(26-12-5-7-19-32-26)29(27-13-8-20-34(27)21-22-9-4-6-18-31-22)35(30)23-14-16-25(17-15-23)36-24-10-2-1-3-11-24/h1-20,28-29H,21H2,(H,33,37)/t28-,29+/m0/s1. The Hall–Kier alpha value is -4.49. The van der Waals surface area contributed by atoms with Gasteiger partial charge in [-0.25, -0.2) is 0 Å². The van der Waals surface area contributed by atoms with E-state index in [4.69, 9.17) is 17.0 Å². The number of nitrogens with zero attached hydrogens (tertiary/aromatic N) is 4. The second-order valence-electron chi connectivity index (χ2n) is 8.79. The number of ether oxygens (including phenoxy) is 1. The molecule has 1 N–H and O–H groups in total. The maximum Gasteiger partial charge on any atom is 0.174 e. The molecule has 37 heavy (non-hydrogen) atoms. The monoisotopic (exact) mass is 503 g/mol. The van der Waals surface area contributed by atoms with Crippen molar-refractivity contribution in [2.45, 2.75) is 18.6 Å². The highest BCUT2D eigenvalue weighted by Gasteiger charge is 2.42. The molecule has 5 aromatic rings. The maximum absolute atomic E-state index is 6.01. The molecule has 0 spiro atoms. The van der Waals surface area contributed by atoms with Gasteiger partial charge in [0.05, 0.1) is 24.0 Å². The highest BCUT2D eigenvalue weighted by atomic mass is 32.1. The van der Waals surface area contributed by atoms with Crippen molar-refractivity contribution in [1.29, 1.82) is 0 Å². The van der Waals surface area contributed by atoms with Crippen molar-refractivity contribution in [3.8, 4) is 11.5 Å². The number of hydrogen-bond acceptors (Lipinski definition) is 4. The third-order valence-corrected chi connectivity index (χ3v) is 6.73. The zero-order valence-electron chi connectivity index (χ0n) is 20.0. The summed E-state index contributed by atoms with van der Waals surface area (Å²) in [6.45, 7) is 0.666. The highest BCUT2D eigenvalue weighted by Crippen LogP contribution is 2.42. The lowest BCUT2D eigenvalue weighted by molar-refractivity contribution is 0.482. The number of para-hydroxylation sites is 1. The number of hydrogen-bond donors (Lipinski definition) is 1. The first-order chi connectivity index (χ1) is 18.3. The molecule has 6 nitrogen and oxygen atoms in total. The second-order valence-corrected chi connectivity index (χ2v) is 9.17. The Bertz CT molecular complexity index is 1470. The fourth-order valence-electron chi connectivity index (χ4n) is 4.74. The minimum atomic E-state index is -0.119. The molecule has 7 heteroatoms. The number of anilines is 1. The van der Waals surface area contributed by atoms with E-state index in [1.165, 1.54) is 0 Å². The summed E-state index contributed by atoms with van der Waals surface area (Å²) in [5, 5.41) is 4.19. The summed E-state index contributed by atoms with van der Waals surface area (Å²) in [5.74, 6) is 1.57. The van der Waals surface area contributed by atoms with Crippen LogP contribution >= 0.6 is 12.2 Å². The molecule has 2 aromatic carbocycles. The number of rotatable bonds is 7. The predicted molar refractivity (Wildman–Crippen MR) is 149 cm³/mol. The van der Waals surface area contributed by atoms with Crippen LogP contribution in [0.5, 0.6) is 11.5 Å².